The van der Waals surface area contributed by atoms with Crippen molar-refractivity contribution in [1.29, 1.82) is 0 Å². The van der Waals surface area contributed by atoms with Crippen molar-refractivity contribution in [3.8, 4) is 0 Å². The van der Waals surface area contributed by atoms with E-state index in [0.717, 1.165) is 0 Å². The van der Waals surface area contributed by atoms with Gasteiger partial charge in [0.05, 0.1) is 0 Å². The van der Waals surface area contributed by atoms with Crippen molar-refractivity contribution in [1.82, 2.24) is 0 Å². The Kier molecular flexibility index (Phi) is 301. The molecule has 0 saturated heterocycles. The van der Waals surface area contributed by atoms with Crippen LogP contribution in [0.2, 0.25) is 0 Å². The van der Waals surface area contributed by atoms with Gasteiger partial charge in [0.15, 0.2) is 0 Å². The molecule has 0 bridgehead atoms. The molecule has 0 unspecified atom stereocenters. The molecule has 23 valence electrons. The van der Waals surface area contributed by atoms with Gasteiger partial charge in [0, 0.05) is 57.1 Å². The van der Waals surface area contributed by atoms with E-state index in [1.54, 1.807) is 0 Å². The molecule has 0 N–H and O–H groups in total. The Labute approximate surface area is 64.0 Å². The Hall–Kier alpha value is 1.51. The maximum Gasteiger partial charge on any atom is 0.0467 e. The van der Waals surface area contributed by atoms with Crippen molar-refractivity contribution < 1.29 is 49.7 Å². The minimum absolute atomic E-state index is 0. The largest absolute Gasteiger partial charge is 0.358 e. The van der Waals surface area contributed by atoms with Crippen LogP contribution in [0.25, 0.3) is 0 Å². The van der Waals surface area contributed by atoms with E-state index in [1.165, 1.54) is 0 Å². The summed E-state index contributed by atoms with van der Waals surface area (Å²) in [6, 6.07) is 0. The van der Waals surface area contributed by atoms with E-state index in [4.69, 9.17) is 0 Å². The molecule has 0 fully saturated rings. The Bertz CT molecular complexity index is 6.00. The first-order valence-corrected chi connectivity index (χ1v) is 0. The minimum Gasteiger partial charge on any atom is -0.358 e. The summed E-state index contributed by atoms with van der Waals surface area (Å²) in [5, 5.41) is 0. The van der Waals surface area contributed by atoms with Gasteiger partial charge in [-0.1, -0.05) is 0 Å². The third-order valence-electron chi connectivity index (χ3n) is 0. The van der Waals surface area contributed by atoms with Gasteiger partial charge >= 0.3 is 0 Å². The van der Waals surface area contributed by atoms with Crippen molar-refractivity contribution in [2.45, 2.75) is 0 Å². The molecular weight excluding hydrogens is 313 g/mol. The maximum atomic E-state index is 0. The van der Waals surface area contributed by atoms with Crippen molar-refractivity contribution in [2.75, 3.05) is 0 Å². The molecular formula is C2H6UV. The molecule has 0 nitrogen and oxygen atoms in total. The van der Waals surface area contributed by atoms with Crippen molar-refractivity contribution in [3.05, 3.63) is 14.9 Å². The van der Waals surface area contributed by atoms with E-state index in [0.29, 0.717) is 0 Å². The third kappa shape index (κ3) is 9.71. The summed E-state index contributed by atoms with van der Waals surface area (Å²) in [4.78, 5) is 0. The molecule has 0 rings (SSSR count). The van der Waals surface area contributed by atoms with Gasteiger partial charge in [0.1, 0.15) is 0 Å². The third-order valence-corrected chi connectivity index (χ3v) is 0. The van der Waals surface area contributed by atoms with Crippen LogP contribution in [0.5, 0.6) is 0 Å². The standard InChI is InChI=1S/2CH3.U.V/h2*1H3;;/q-1;+1;;. The molecule has 0 aliphatic heterocycles. The molecule has 0 spiro atoms. The average molecular weight is 319 g/mol. The fourth-order valence-electron chi connectivity index (χ4n) is 0. The molecule has 0 aromatic heterocycles. The molecule has 2 heteroatoms. The van der Waals surface area contributed by atoms with Gasteiger partial charge in [-0.05, 0) is 0 Å². The van der Waals surface area contributed by atoms with Crippen LogP contribution in [0.15, 0.2) is 0 Å². The van der Waals surface area contributed by atoms with E-state index in [1.807, 2.05) is 0 Å². The second kappa shape index (κ2) is 24.4. The number of hydrogen-bond acceptors (Lipinski definition) is 0. The number of hydrogen-bond donors (Lipinski definition) is 0. The van der Waals surface area contributed by atoms with E-state index >= 15 is 0 Å². The Balaban J connectivity index is 0. The molecule has 0 atom stereocenters. The first kappa shape index (κ1) is 49.3. The van der Waals surface area contributed by atoms with Crippen LogP contribution >= 0.6 is 0 Å². The van der Waals surface area contributed by atoms with Gasteiger partial charge in [-0.25, -0.2) is 0 Å². The predicted octanol–water partition coefficient (Wildman–Crippen LogP) is 0.898. The first-order chi connectivity index (χ1) is 0. The van der Waals surface area contributed by atoms with Gasteiger partial charge < -0.3 is 7.43 Å². The van der Waals surface area contributed by atoms with E-state index in [9.17, 15) is 0 Å². The predicted molar refractivity (Wildman–Crippen MR) is 12.8 cm³/mol. The summed E-state index contributed by atoms with van der Waals surface area (Å²) in [5.74, 6) is 0. The second-order valence-corrected chi connectivity index (χ2v) is 0. The van der Waals surface area contributed by atoms with Crippen LogP contribution in [0, 0.1) is 46.0 Å². The minimum atomic E-state index is 0. The normalized spacial score (nSPS) is 0. The molecule has 0 amide bonds. The summed E-state index contributed by atoms with van der Waals surface area (Å²) in [7, 11) is 0. The van der Waals surface area contributed by atoms with Gasteiger partial charge in [-0.3, -0.25) is 0 Å². The van der Waals surface area contributed by atoms with E-state index in [-0.39, 0.29) is 64.5 Å². The molecule has 0 aliphatic carbocycles. The van der Waals surface area contributed by atoms with Crippen LogP contribution in [0.4, 0.5) is 0 Å². The zero-order chi connectivity index (χ0) is 0. The van der Waals surface area contributed by atoms with Crippen molar-refractivity contribution >= 4 is 0 Å². The molecule has 0 saturated carbocycles. The topological polar surface area (TPSA) is 0 Å². The van der Waals surface area contributed by atoms with Gasteiger partial charge in [0.25, 0.3) is 0 Å². The van der Waals surface area contributed by atoms with Crippen molar-refractivity contribution in [2.24, 2.45) is 0 Å². The Morgan fingerprint density at radius 1 is 1.00 bits per heavy atom. The first-order valence-electron chi connectivity index (χ1n) is 0. The van der Waals surface area contributed by atoms with Gasteiger partial charge in [-0.2, -0.15) is 0 Å². The van der Waals surface area contributed by atoms with E-state index < -0.39 is 0 Å². The summed E-state index contributed by atoms with van der Waals surface area (Å²) in [5.41, 5.74) is 0. The van der Waals surface area contributed by atoms with Crippen molar-refractivity contribution in [3.63, 3.8) is 0 Å². The summed E-state index contributed by atoms with van der Waals surface area (Å²) < 4.78 is 0. The van der Waals surface area contributed by atoms with E-state index in [2.05, 4.69) is 0 Å². The fraction of sp³-hybridized carbons (Fsp3) is 0. The van der Waals surface area contributed by atoms with Gasteiger partial charge in [0.2, 0.25) is 0 Å². The smallest absolute Gasteiger partial charge is 0.0467 e. The Morgan fingerprint density at radius 2 is 1.00 bits per heavy atom. The molecule has 0 heterocycles. The SMILES string of the molecule is [CH3+].[CH3-].[U].[V]. The quantitative estimate of drug-likeness (QED) is 0.582. The second-order valence-electron chi connectivity index (χ2n) is 0. The average Bonchev–Trinajstić information content (AvgIpc) is 0. The molecule has 1 radical (unpaired) electrons. The fourth-order valence-corrected chi connectivity index (χ4v) is 0. The zero-order valence-corrected chi connectivity index (χ0v) is 8.51. The molecule has 0 aliphatic rings. The summed E-state index contributed by atoms with van der Waals surface area (Å²) in [6.45, 7) is 0. The summed E-state index contributed by atoms with van der Waals surface area (Å²) in [6.07, 6.45) is 0. The number of rotatable bonds is 0. The van der Waals surface area contributed by atoms with Gasteiger partial charge in [-0.15, -0.1) is 0 Å². The Morgan fingerprint density at radius 3 is 1.00 bits per heavy atom. The zero-order valence-electron chi connectivity index (χ0n) is 2.95. The van der Waals surface area contributed by atoms with Crippen LogP contribution < -0.4 is 0 Å². The van der Waals surface area contributed by atoms with Crippen LogP contribution in [0.3, 0.4) is 0 Å². The monoisotopic (exact) mass is 319 g/mol. The maximum absolute atomic E-state index is 0. The molecule has 4 heavy (non-hydrogen) atoms. The van der Waals surface area contributed by atoms with Crippen LogP contribution in [-0.2, 0) is 18.6 Å². The molecule has 0 aromatic rings. The molecule has 0 aromatic carbocycles. The van der Waals surface area contributed by atoms with Crippen LogP contribution in [-0.4, -0.2) is 0 Å². The van der Waals surface area contributed by atoms with Crippen LogP contribution in [0.1, 0.15) is 0 Å². The summed E-state index contributed by atoms with van der Waals surface area (Å²) >= 11 is 0.